The van der Waals surface area contributed by atoms with E-state index in [1.807, 2.05) is 62.4 Å². The standard InChI is InChI=1S/C29H28Cl2F2N2O2/c1-17(2)34-29(36)37-18(3)27(21-12-25(32)14-26(33)13-21)22-15-35(16-22)28(19-4-8-23(30)9-5-19)20-6-10-24(31)11-7-20/h4-14,17-18,28H,15-16H2,1-3H3,(H,34,36). The lowest BCUT2D eigenvalue weighted by atomic mass is 9.87. The monoisotopic (exact) mass is 544 g/mol. The number of alkyl carbamates (subject to hydrolysis) is 1. The first-order valence-electron chi connectivity index (χ1n) is 12.0. The van der Waals surface area contributed by atoms with Gasteiger partial charge < -0.3 is 10.1 Å². The van der Waals surface area contributed by atoms with Gasteiger partial charge in [-0.3, -0.25) is 4.90 Å². The Morgan fingerprint density at radius 1 is 0.865 bits per heavy atom. The summed E-state index contributed by atoms with van der Waals surface area (Å²) in [6.45, 7) is 6.39. The van der Waals surface area contributed by atoms with Crippen LogP contribution in [0.2, 0.25) is 10.0 Å². The van der Waals surface area contributed by atoms with E-state index in [0.29, 0.717) is 34.3 Å². The van der Waals surface area contributed by atoms with Crippen molar-refractivity contribution in [1.29, 1.82) is 0 Å². The zero-order valence-corrected chi connectivity index (χ0v) is 22.3. The molecular formula is C29H28Cl2F2N2O2. The highest BCUT2D eigenvalue weighted by molar-refractivity contribution is 6.30. The maximum absolute atomic E-state index is 14.2. The van der Waals surface area contributed by atoms with Gasteiger partial charge in [-0.2, -0.15) is 0 Å². The lowest BCUT2D eigenvalue weighted by Crippen LogP contribution is -2.44. The number of carbonyl (C=O) groups is 1. The van der Waals surface area contributed by atoms with Gasteiger partial charge in [0.2, 0.25) is 0 Å². The summed E-state index contributed by atoms with van der Waals surface area (Å²) in [7, 11) is 0. The number of carbonyl (C=O) groups excluding carboxylic acids is 1. The summed E-state index contributed by atoms with van der Waals surface area (Å²) in [6, 6.07) is 18.5. The molecule has 37 heavy (non-hydrogen) atoms. The highest BCUT2D eigenvalue weighted by atomic mass is 35.5. The van der Waals surface area contributed by atoms with E-state index in [0.717, 1.165) is 22.8 Å². The maximum atomic E-state index is 14.2. The molecule has 0 aliphatic carbocycles. The molecule has 194 valence electrons. The molecule has 0 saturated carbocycles. The van der Waals surface area contributed by atoms with Gasteiger partial charge in [0.15, 0.2) is 0 Å². The second-order valence-corrected chi connectivity index (χ2v) is 10.3. The number of ether oxygens (including phenoxy) is 1. The first kappa shape index (κ1) is 27.1. The molecule has 4 rings (SSSR count). The predicted octanol–water partition coefficient (Wildman–Crippen LogP) is 7.65. The van der Waals surface area contributed by atoms with E-state index in [1.54, 1.807) is 6.92 Å². The quantitative estimate of drug-likeness (QED) is 0.332. The largest absolute Gasteiger partial charge is 0.442 e. The summed E-state index contributed by atoms with van der Waals surface area (Å²) >= 11 is 12.3. The van der Waals surface area contributed by atoms with Crippen LogP contribution >= 0.6 is 23.2 Å². The fourth-order valence-corrected chi connectivity index (χ4v) is 4.88. The number of rotatable bonds is 7. The summed E-state index contributed by atoms with van der Waals surface area (Å²) in [5.41, 5.74) is 3.98. The van der Waals surface area contributed by atoms with Crippen LogP contribution in [0.15, 0.2) is 72.3 Å². The molecule has 1 saturated heterocycles. The van der Waals surface area contributed by atoms with E-state index in [4.69, 9.17) is 27.9 Å². The Hall–Kier alpha value is -2.93. The zero-order valence-electron chi connectivity index (χ0n) is 20.8. The van der Waals surface area contributed by atoms with Gasteiger partial charge in [-0.1, -0.05) is 47.5 Å². The molecule has 3 aromatic carbocycles. The van der Waals surface area contributed by atoms with Crippen LogP contribution in [0, 0.1) is 11.6 Å². The number of hydrogen-bond acceptors (Lipinski definition) is 3. The number of hydrogen-bond donors (Lipinski definition) is 1. The fourth-order valence-electron chi connectivity index (χ4n) is 4.63. The molecule has 1 amide bonds. The van der Waals surface area contributed by atoms with Crippen molar-refractivity contribution in [3.05, 3.63) is 111 Å². The van der Waals surface area contributed by atoms with Gasteiger partial charge >= 0.3 is 6.09 Å². The predicted molar refractivity (Wildman–Crippen MR) is 144 cm³/mol. The van der Waals surface area contributed by atoms with Crippen molar-refractivity contribution >= 4 is 34.9 Å². The molecule has 1 heterocycles. The summed E-state index contributed by atoms with van der Waals surface area (Å²) in [4.78, 5) is 14.6. The molecule has 4 nitrogen and oxygen atoms in total. The fraction of sp³-hybridized carbons (Fsp3) is 0.276. The van der Waals surface area contributed by atoms with Gasteiger partial charge in [-0.15, -0.1) is 0 Å². The third kappa shape index (κ3) is 6.69. The summed E-state index contributed by atoms with van der Waals surface area (Å²) in [5, 5.41) is 3.98. The highest BCUT2D eigenvalue weighted by Crippen LogP contribution is 2.39. The number of likely N-dealkylation sites (tertiary alicyclic amines) is 1. The third-order valence-electron chi connectivity index (χ3n) is 6.18. The second kappa shape index (κ2) is 11.6. The van der Waals surface area contributed by atoms with Gasteiger partial charge in [-0.25, -0.2) is 13.6 Å². The van der Waals surface area contributed by atoms with Crippen LogP contribution in [0.25, 0.3) is 5.57 Å². The zero-order chi connectivity index (χ0) is 26.7. The minimum atomic E-state index is -0.721. The first-order valence-corrected chi connectivity index (χ1v) is 12.8. The Morgan fingerprint density at radius 3 is 1.81 bits per heavy atom. The smallest absolute Gasteiger partial charge is 0.407 e. The molecule has 1 atom stereocenters. The Labute approximate surface area is 225 Å². The Morgan fingerprint density at radius 2 is 1.35 bits per heavy atom. The van der Waals surface area contributed by atoms with Crippen molar-refractivity contribution in [2.45, 2.75) is 39.0 Å². The molecular weight excluding hydrogens is 517 g/mol. The molecule has 1 aliphatic rings. The van der Waals surface area contributed by atoms with Crippen LogP contribution in [0.4, 0.5) is 13.6 Å². The van der Waals surface area contributed by atoms with E-state index in [2.05, 4.69) is 10.2 Å². The SMILES string of the molecule is CC(C)NC(=O)OC(C)C(=C1CN(C(c2ccc(Cl)cc2)c2ccc(Cl)cc2)C1)c1cc(F)cc(F)c1. The van der Waals surface area contributed by atoms with Crippen LogP contribution in [0.3, 0.4) is 0 Å². The van der Waals surface area contributed by atoms with E-state index in [9.17, 15) is 13.6 Å². The number of halogens is 4. The summed E-state index contributed by atoms with van der Waals surface area (Å²) in [6.07, 6.45) is -1.31. The van der Waals surface area contributed by atoms with Gasteiger partial charge in [0, 0.05) is 40.8 Å². The van der Waals surface area contributed by atoms with E-state index < -0.39 is 23.8 Å². The molecule has 1 N–H and O–H groups in total. The topological polar surface area (TPSA) is 41.6 Å². The molecule has 0 spiro atoms. The minimum absolute atomic E-state index is 0.0933. The van der Waals surface area contributed by atoms with Crippen LogP contribution in [-0.4, -0.2) is 36.2 Å². The Kier molecular flexibility index (Phi) is 8.53. The maximum Gasteiger partial charge on any atom is 0.407 e. The van der Waals surface area contributed by atoms with Crippen LogP contribution in [0.1, 0.15) is 43.5 Å². The van der Waals surface area contributed by atoms with Crippen molar-refractivity contribution in [3.8, 4) is 0 Å². The third-order valence-corrected chi connectivity index (χ3v) is 6.68. The van der Waals surface area contributed by atoms with Crippen molar-refractivity contribution < 1.29 is 18.3 Å². The molecule has 1 fully saturated rings. The molecule has 1 aliphatic heterocycles. The van der Waals surface area contributed by atoms with Crippen LogP contribution in [-0.2, 0) is 4.74 Å². The van der Waals surface area contributed by atoms with E-state index in [-0.39, 0.29) is 12.1 Å². The number of benzene rings is 3. The molecule has 1 unspecified atom stereocenters. The van der Waals surface area contributed by atoms with Gasteiger partial charge in [0.25, 0.3) is 0 Å². The van der Waals surface area contributed by atoms with Crippen molar-refractivity contribution in [1.82, 2.24) is 10.2 Å². The van der Waals surface area contributed by atoms with Gasteiger partial charge in [-0.05, 0) is 79.4 Å². The van der Waals surface area contributed by atoms with Gasteiger partial charge in [0.1, 0.15) is 17.7 Å². The summed E-state index contributed by atoms with van der Waals surface area (Å²) in [5.74, 6) is -1.38. The molecule has 0 aromatic heterocycles. The average Bonchev–Trinajstić information content (AvgIpc) is 2.78. The summed E-state index contributed by atoms with van der Waals surface area (Å²) < 4.78 is 33.9. The van der Waals surface area contributed by atoms with Crippen molar-refractivity contribution in [3.63, 3.8) is 0 Å². The number of nitrogens with zero attached hydrogens (tertiary/aromatic N) is 1. The molecule has 3 aromatic rings. The number of nitrogens with one attached hydrogen (secondary N) is 1. The van der Waals surface area contributed by atoms with Crippen molar-refractivity contribution in [2.75, 3.05) is 13.1 Å². The van der Waals surface area contributed by atoms with E-state index in [1.165, 1.54) is 12.1 Å². The highest BCUT2D eigenvalue weighted by Gasteiger charge is 2.34. The molecule has 0 radical (unpaired) electrons. The van der Waals surface area contributed by atoms with E-state index >= 15 is 0 Å². The second-order valence-electron chi connectivity index (χ2n) is 9.43. The van der Waals surface area contributed by atoms with Gasteiger partial charge in [0.05, 0.1) is 6.04 Å². The lowest BCUT2D eigenvalue weighted by Gasteiger charge is -2.43. The normalized spacial score (nSPS) is 14.5. The lowest BCUT2D eigenvalue weighted by molar-refractivity contribution is 0.126. The Bertz CT molecular complexity index is 1220. The number of amides is 1. The first-order chi connectivity index (χ1) is 17.6. The van der Waals surface area contributed by atoms with Crippen LogP contribution < -0.4 is 5.32 Å². The van der Waals surface area contributed by atoms with Crippen molar-refractivity contribution in [2.24, 2.45) is 0 Å². The van der Waals surface area contributed by atoms with Crippen LogP contribution in [0.5, 0.6) is 0 Å². The average molecular weight is 545 g/mol. The Balaban J connectivity index is 1.69. The molecule has 0 bridgehead atoms. The minimum Gasteiger partial charge on any atom is -0.442 e. The molecule has 8 heteroatoms.